The molecule has 0 aliphatic rings. The van der Waals surface area contributed by atoms with Gasteiger partial charge in [-0.3, -0.25) is 0 Å². The summed E-state index contributed by atoms with van der Waals surface area (Å²) in [5.41, 5.74) is 1.30. The number of benzene rings is 1. The Morgan fingerprint density at radius 2 is 2.06 bits per heavy atom. The van der Waals surface area contributed by atoms with E-state index < -0.39 is 0 Å². The second-order valence-corrected chi connectivity index (χ2v) is 4.09. The summed E-state index contributed by atoms with van der Waals surface area (Å²) in [6, 6.07) is 10.5. The minimum atomic E-state index is 0.108. The largest absolute Gasteiger partial charge is 0.479 e. The molecule has 0 saturated heterocycles. The van der Waals surface area contributed by atoms with Crippen LogP contribution in [0.3, 0.4) is 0 Å². The molecular weight excluding hydrogens is 212 g/mol. The Kier molecular flexibility index (Phi) is 6.13. The molecule has 1 aromatic carbocycles. The van der Waals surface area contributed by atoms with Crippen molar-refractivity contribution in [2.45, 2.75) is 32.7 Å². The van der Waals surface area contributed by atoms with Crippen molar-refractivity contribution in [3.63, 3.8) is 0 Å². The van der Waals surface area contributed by atoms with Gasteiger partial charge in [0.1, 0.15) is 11.8 Å². The molecule has 3 heteroatoms. The minimum absolute atomic E-state index is 0.108. The number of nitriles is 1. The summed E-state index contributed by atoms with van der Waals surface area (Å²) < 4.78 is 5.20. The predicted molar refractivity (Wildman–Crippen MR) is 69.0 cm³/mol. The number of ether oxygens (including phenoxy) is 1. The van der Waals surface area contributed by atoms with Crippen LogP contribution in [0.1, 0.15) is 25.8 Å². The Labute approximate surface area is 103 Å². The standard InChI is InChI=1S/C14H20N2O/c1-3-16-12(2)4-5-13-6-8-14(9-7-13)17-11-10-15/h6-9,12,16H,3-5,11H2,1-2H3. The zero-order chi connectivity index (χ0) is 12.5. The van der Waals surface area contributed by atoms with Crippen LogP contribution in [-0.4, -0.2) is 19.2 Å². The lowest BCUT2D eigenvalue weighted by molar-refractivity contribution is 0.368. The maximum Gasteiger partial charge on any atom is 0.174 e. The minimum Gasteiger partial charge on any atom is -0.479 e. The lowest BCUT2D eigenvalue weighted by Crippen LogP contribution is -2.25. The van der Waals surface area contributed by atoms with Crippen molar-refractivity contribution in [3.05, 3.63) is 29.8 Å². The Morgan fingerprint density at radius 1 is 1.35 bits per heavy atom. The van der Waals surface area contributed by atoms with Crippen LogP contribution in [0.5, 0.6) is 5.75 Å². The third kappa shape index (κ3) is 5.37. The third-order valence-electron chi connectivity index (χ3n) is 2.65. The second kappa shape index (κ2) is 7.70. The normalized spacial score (nSPS) is 11.8. The first-order valence-corrected chi connectivity index (χ1v) is 6.08. The van der Waals surface area contributed by atoms with E-state index in [9.17, 15) is 0 Å². The summed E-state index contributed by atoms with van der Waals surface area (Å²) >= 11 is 0. The average molecular weight is 232 g/mol. The van der Waals surface area contributed by atoms with Crippen LogP contribution in [0.4, 0.5) is 0 Å². The molecule has 0 aliphatic heterocycles. The number of rotatable bonds is 7. The number of hydrogen-bond acceptors (Lipinski definition) is 3. The molecule has 92 valence electrons. The second-order valence-electron chi connectivity index (χ2n) is 4.09. The van der Waals surface area contributed by atoms with Gasteiger partial charge < -0.3 is 10.1 Å². The summed E-state index contributed by atoms with van der Waals surface area (Å²) in [5, 5.41) is 11.8. The number of nitrogens with zero attached hydrogens (tertiary/aromatic N) is 1. The van der Waals surface area contributed by atoms with Gasteiger partial charge in [0.05, 0.1) is 0 Å². The quantitative estimate of drug-likeness (QED) is 0.785. The lowest BCUT2D eigenvalue weighted by Gasteiger charge is -2.12. The van der Waals surface area contributed by atoms with E-state index in [1.165, 1.54) is 5.56 Å². The fourth-order valence-corrected chi connectivity index (χ4v) is 1.70. The zero-order valence-electron chi connectivity index (χ0n) is 10.6. The van der Waals surface area contributed by atoms with Gasteiger partial charge in [0.25, 0.3) is 0 Å². The van der Waals surface area contributed by atoms with Gasteiger partial charge in [-0.1, -0.05) is 19.1 Å². The number of aryl methyl sites for hydroxylation is 1. The topological polar surface area (TPSA) is 45.0 Å². The lowest BCUT2D eigenvalue weighted by atomic mass is 10.1. The molecule has 3 nitrogen and oxygen atoms in total. The van der Waals surface area contributed by atoms with Gasteiger partial charge in [-0.25, -0.2) is 0 Å². The van der Waals surface area contributed by atoms with Crippen LogP contribution in [0.15, 0.2) is 24.3 Å². The summed E-state index contributed by atoms with van der Waals surface area (Å²) in [6.07, 6.45) is 2.19. The molecule has 0 saturated carbocycles. The molecular formula is C14H20N2O. The molecule has 0 spiro atoms. The van der Waals surface area contributed by atoms with E-state index >= 15 is 0 Å². The molecule has 1 N–H and O–H groups in total. The smallest absolute Gasteiger partial charge is 0.174 e. The van der Waals surface area contributed by atoms with Crippen molar-refractivity contribution < 1.29 is 4.74 Å². The molecule has 1 atom stereocenters. The molecule has 0 amide bonds. The molecule has 0 radical (unpaired) electrons. The molecule has 0 aromatic heterocycles. The van der Waals surface area contributed by atoms with E-state index in [0.29, 0.717) is 6.04 Å². The van der Waals surface area contributed by atoms with E-state index in [1.54, 1.807) is 0 Å². The van der Waals surface area contributed by atoms with E-state index in [0.717, 1.165) is 25.1 Å². The van der Waals surface area contributed by atoms with E-state index in [2.05, 4.69) is 31.3 Å². The highest BCUT2D eigenvalue weighted by molar-refractivity contribution is 5.27. The summed E-state index contributed by atoms with van der Waals surface area (Å²) in [4.78, 5) is 0. The van der Waals surface area contributed by atoms with Crippen LogP contribution in [0.25, 0.3) is 0 Å². The molecule has 1 rings (SSSR count). The van der Waals surface area contributed by atoms with E-state index in [4.69, 9.17) is 10.00 Å². The van der Waals surface area contributed by atoms with Crippen molar-refractivity contribution in [1.82, 2.24) is 5.32 Å². The SMILES string of the molecule is CCNC(C)CCc1ccc(OCC#N)cc1. The van der Waals surface area contributed by atoms with E-state index in [-0.39, 0.29) is 6.61 Å². The van der Waals surface area contributed by atoms with Gasteiger partial charge in [0, 0.05) is 6.04 Å². The third-order valence-corrected chi connectivity index (χ3v) is 2.65. The summed E-state index contributed by atoms with van der Waals surface area (Å²) in [7, 11) is 0. The van der Waals surface area contributed by atoms with E-state index in [1.807, 2.05) is 18.2 Å². The molecule has 0 fully saturated rings. The van der Waals surface area contributed by atoms with Gasteiger partial charge in [-0.05, 0) is 44.0 Å². The van der Waals surface area contributed by atoms with Crippen molar-refractivity contribution in [2.75, 3.05) is 13.2 Å². The first-order valence-electron chi connectivity index (χ1n) is 6.08. The van der Waals surface area contributed by atoms with Crippen LogP contribution in [-0.2, 0) is 6.42 Å². The van der Waals surface area contributed by atoms with Crippen molar-refractivity contribution >= 4 is 0 Å². The number of nitrogens with one attached hydrogen (secondary N) is 1. The Balaban J connectivity index is 2.37. The molecule has 1 aromatic rings. The predicted octanol–water partition coefficient (Wildman–Crippen LogP) is 2.52. The first-order chi connectivity index (χ1) is 8.26. The Hall–Kier alpha value is -1.53. The molecule has 1 unspecified atom stereocenters. The number of hydrogen-bond donors (Lipinski definition) is 1. The molecule has 0 heterocycles. The Morgan fingerprint density at radius 3 is 2.65 bits per heavy atom. The van der Waals surface area contributed by atoms with Gasteiger partial charge in [-0.15, -0.1) is 0 Å². The van der Waals surface area contributed by atoms with Gasteiger partial charge >= 0.3 is 0 Å². The molecule has 0 bridgehead atoms. The maximum absolute atomic E-state index is 8.40. The zero-order valence-corrected chi connectivity index (χ0v) is 10.6. The monoisotopic (exact) mass is 232 g/mol. The first kappa shape index (κ1) is 13.5. The van der Waals surface area contributed by atoms with Gasteiger partial charge in [0.15, 0.2) is 6.61 Å². The van der Waals surface area contributed by atoms with Gasteiger partial charge in [-0.2, -0.15) is 5.26 Å². The van der Waals surface area contributed by atoms with Crippen LogP contribution in [0, 0.1) is 11.3 Å². The van der Waals surface area contributed by atoms with Crippen LogP contribution >= 0.6 is 0 Å². The van der Waals surface area contributed by atoms with Gasteiger partial charge in [0.2, 0.25) is 0 Å². The summed E-state index contributed by atoms with van der Waals surface area (Å²) in [6.45, 7) is 5.45. The fourth-order valence-electron chi connectivity index (χ4n) is 1.70. The van der Waals surface area contributed by atoms with Crippen molar-refractivity contribution in [3.8, 4) is 11.8 Å². The summed E-state index contributed by atoms with van der Waals surface area (Å²) in [5.74, 6) is 0.759. The highest BCUT2D eigenvalue weighted by Crippen LogP contribution is 2.13. The van der Waals surface area contributed by atoms with Crippen molar-refractivity contribution in [1.29, 1.82) is 5.26 Å². The highest BCUT2D eigenvalue weighted by Gasteiger charge is 2.01. The van der Waals surface area contributed by atoms with Crippen LogP contribution in [0.2, 0.25) is 0 Å². The maximum atomic E-state index is 8.40. The average Bonchev–Trinajstić information content (AvgIpc) is 2.35. The van der Waals surface area contributed by atoms with Crippen molar-refractivity contribution in [2.24, 2.45) is 0 Å². The molecule has 0 aliphatic carbocycles. The Bertz CT molecular complexity index is 353. The van der Waals surface area contributed by atoms with Crippen LogP contribution < -0.4 is 10.1 Å². The molecule has 17 heavy (non-hydrogen) atoms. The fraction of sp³-hybridized carbons (Fsp3) is 0.500. The highest BCUT2D eigenvalue weighted by atomic mass is 16.5.